The Morgan fingerprint density at radius 2 is 1.71 bits per heavy atom. The second kappa shape index (κ2) is 7.76. The van der Waals surface area contributed by atoms with Gasteiger partial charge in [-0.05, 0) is 36.2 Å². The van der Waals surface area contributed by atoms with E-state index in [1.807, 2.05) is 18.2 Å². The molecule has 2 aromatic rings. The Labute approximate surface area is 124 Å². The van der Waals surface area contributed by atoms with Gasteiger partial charge in [0.25, 0.3) is 0 Å². The van der Waals surface area contributed by atoms with Crippen LogP contribution in [0.25, 0.3) is 0 Å². The highest BCUT2D eigenvalue weighted by Crippen LogP contribution is 2.17. The highest BCUT2D eigenvalue weighted by molar-refractivity contribution is 5.28. The smallest absolute Gasteiger partial charge is 0.127 e. The zero-order chi connectivity index (χ0) is 15.1. The van der Waals surface area contributed by atoms with Gasteiger partial charge in [0.2, 0.25) is 0 Å². The predicted octanol–water partition coefficient (Wildman–Crippen LogP) is 2.88. The van der Waals surface area contributed by atoms with Gasteiger partial charge in [-0.3, -0.25) is 4.90 Å². The third kappa shape index (κ3) is 5.17. The second-order valence-electron chi connectivity index (χ2n) is 5.16. The second-order valence-corrected chi connectivity index (χ2v) is 5.16. The SMILES string of the molecule is NCCCN(Cc1ccccc1)Cc1cc(O)cc(F)c1. The molecule has 0 aliphatic heterocycles. The van der Waals surface area contributed by atoms with Crippen molar-refractivity contribution in [1.29, 1.82) is 0 Å². The Hall–Kier alpha value is -1.91. The molecule has 2 aromatic carbocycles. The van der Waals surface area contributed by atoms with E-state index in [0.29, 0.717) is 13.1 Å². The standard InChI is InChI=1S/C17H21FN2O/c18-16-9-15(10-17(21)11-16)13-20(8-4-7-19)12-14-5-2-1-3-6-14/h1-3,5-6,9-11,21H,4,7-8,12-13,19H2. The van der Waals surface area contributed by atoms with Crippen LogP contribution in [0.5, 0.6) is 5.75 Å². The van der Waals surface area contributed by atoms with Crippen LogP contribution >= 0.6 is 0 Å². The molecule has 0 heterocycles. The molecule has 21 heavy (non-hydrogen) atoms. The van der Waals surface area contributed by atoms with Crippen molar-refractivity contribution >= 4 is 0 Å². The molecule has 4 heteroatoms. The lowest BCUT2D eigenvalue weighted by atomic mass is 10.1. The van der Waals surface area contributed by atoms with E-state index in [4.69, 9.17) is 5.73 Å². The van der Waals surface area contributed by atoms with Crippen molar-refractivity contribution in [2.75, 3.05) is 13.1 Å². The first-order valence-corrected chi connectivity index (χ1v) is 7.12. The lowest BCUT2D eigenvalue weighted by molar-refractivity contribution is 0.254. The molecule has 0 aromatic heterocycles. The summed E-state index contributed by atoms with van der Waals surface area (Å²) in [5.41, 5.74) is 7.55. The minimum atomic E-state index is -0.413. The molecule has 0 unspecified atom stereocenters. The van der Waals surface area contributed by atoms with E-state index >= 15 is 0 Å². The van der Waals surface area contributed by atoms with E-state index in [2.05, 4.69) is 17.0 Å². The van der Waals surface area contributed by atoms with Crippen molar-refractivity contribution in [3.8, 4) is 5.75 Å². The van der Waals surface area contributed by atoms with Crippen LogP contribution in [0, 0.1) is 5.82 Å². The van der Waals surface area contributed by atoms with Crippen LogP contribution in [0.2, 0.25) is 0 Å². The van der Waals surface area contributed by atoms with Crippen LogP contribution in [0.4, 0.5) is 4.39 Å². The fourth-order valence-electron chi connectivity index (χ4n) is 2.35. The summed E-state index contributed by atoms with van der Waals surface area (Å²) in [5, 5.41) is 9.49. The monoisotopic (exact) mass is 288 g/mol. The van der Waals surface area contributed by atoms with Crippen molar-refractivity contribution in [1.82, 2.24) is 4.90 Å². The number of rotatable bonds is 7. The summed E-state index contributed by atoms with van der Waals surface area (Å²) in [6.07, 6.45) is 0.883. The molecule has 0 aliphatic carbocycles. The lowest BCUT2D eigenvalue weighted by Crippen LogP contribution is -2.25. The fourth-order valence-corrected chi connectivity index (χ4v) is 2.35. The van der Waals surface area contributed by atoms with E-state index in [1.54, 1.807) is 6.07 Å². The third-order valence-electron chi connectivity index (χ3n) is 3.28. The normalized spacial score (nSPS) is 11.0. The largest absolute Gasteiger partial charge is 0.508 e. The maximum absolute atomic E-state index is 13.4. The molecule has 0 atom stereocenters. The number of hydrogen-bond donors (Lipinski definition) is 2. The molecule has 0 saturated carbocycles. The number of phenols is 1. The van der Waals surface area contributed by atoms with Gasteiger partial charge < -0.3 is 10.8 Å². The summed E-state index contributed by atoms with van der Waals surface area (Å²) in [5.74, 6) is -0.452. The van der Waals surface area contributed by atoms with Gasteiger partial charge in [0.1, 0.15) is 11.6 Å². The number of phenolic OH excluding ortho intramolecular Hbond substituents is 1. The summed E-state index contributed by atoms with van der Waals surface area (Å²) in [7, 11) is 0. The lowest BCUT2D eigenvalue weighted by Gasteiger charge is -2.22. The topological polar surface area (TPSA) is 49.5 Å². The fraction of sp³-hybridized carbons (Fsp3) is 0.294. The van der Waals surface area contributed by atoms with Gasteiger partial charge in [0, 0.05) is 25.7 Å². The van der Waals surface area contributed by atoms with E-state index in [1.165, 1.54) is 11.6 Å². The Bertz CT molecular complexity index is 540. The Morgan fingerprint density at radius 1 is 1.00 bits per heavy atom. The summed E-state index contributed by atoms with van der Waals surface area (Å²) >= 11 is 0. The van der Waals surface area contributed by atoms with Crippen LogP contribution in [-0.4, -0.2) is 23.1 Å². The minimum absolute atomic E-state index is 0.0384. The number of nitrogens with zero attached hydrogens (tertiary/aromatic N) is 1. The summed E-state index contributed by atoms with van der Waals surface area (Å²) < 4.78 is 13.4. The van der Waals surface area contributed by atoms with Crippen molar-refractivity contribution < 1.29 is 9.50 Å². The Morgan fingerprint density at radius 3 is 2.38 bits per heavy atom. The molecular weight excluding hydrogens is 267 g/mol. The summed E-state index contributed by atoms with van der Waals surface area (Å²) in [6.45, 7) is 2.82. The van der Waals surface area contributed by atoms with Crippen LogP contribution in [0.15, 0.2) is 48.5 Å². The zero-order valence-electron chi connectivity index (χ0n) is 12.0. The molecule has 0 aliphatic rings. The molecule has 0 amide bonds. The maximum Gasteiger partial charge on any atom is 0.127 e. The van der Waals surface area contributed by atoms with Crippen molar-refractivity contribution in [2.45, 2.75) is 19.5 Å². The summed E-state index contributed by atoms with van der Waals surface area (Å²) in [6, 6.07) is 14.3. The molecule has 0 radical (unpaired) electrons. The highest BCUT2D eigenvalue weighted by Gasteiger charge is 2.08. The molecule has 2 rings (SSSR count). The average Bonchev–Trinajstić information content (AvgIpc) is 2.45. The third-order valence-corrected chi connectivity index (χ3v) is 3.28. The number of aromatic hydroxyl groups is 1. The number of hydrogen-bond acceptors (Lipinski definition) is 3. The minimum Gasteiger partial charge on any atom is -0.508 e. The number of benzene rings is 2. The van der Waals surface area contributed by atoms with E-state index in [0.717, 1.165) is 31.1 Å². The predicted molar refractivity (Wildman–Crippen MR) is 82.3 cm³/mol. The van der Waals surface area contributed by atoms with Gasteiger partial charge in [0.15, 0.2) is 0 Å². The van der Waals surface area contributed by atoms with Gasteiger partial charge in [-0.1, -0.05) is 30.3 Å². The average molecular weight is 288 g/mol. The van der Waals surface area contributed by atoms with Gasteiger partial charge in [0.05, 0.1) is 0 Å². The van der Waals surface area contributed by atoms with Gasteiger partial charge in [-0.15, -0.1) is 0 Å². The maximum atomic E-state index is 13.4. The first kappa shape index (κ1) is 15.5. The molecular formula is C17H21FN2O. The van der Waals surface area contributed by atoms with Gasteiger partial charge in [-0.25, -0.2) is 4.39 Å². The van der Waals surface area contributed by atoms with Crippen molar-refractivity contribution in [3.05, 3.63) is 65.5 Å². The quantitative estimate of drug-likeness (QED) is 0.823. The number of halogens is 1. The Balaban J connectivity index is 2.08. The van der Waals surface area contributed by atoms with Gasteiger partial charge in [-0.2, -0.15) is 0 Å². The molecule has 0 saturated heterocycles. The molecule has 112 valence electrons. The molecule has 0 fully saturated rings. The van der Waals surface area contributed by atoms with Crippen molar-refractivity contribution in [2.24, 2.45) is 5.73 Å². The van der Waals surface area contributed by atoms with Gasteiger partial charge >= 0.3 is 0 Å². The van der Waals surface area contributed by atoms with E-state index in [9.17, 15) is 9.50 Å². The Kier molecular flexibility index (Phi) is 5.72. The number of nitrogens with two attached hydrogens (primary N) is 1. The molecule has 3 nitrogen and oxygen atoms in total. The molecule has 0 bridgehead atoms. The van der Waals surface area contributed by atoms with Crippen molar-refractivity contribution in [3.63, 3.8) is 0 Å². The van der Waals surface area contributed by atoms with Crippen LogP contribution in [0.1, 0.15) is 17.5 Å². The zero-order valence-corrected chi connectivity index (χ0v) is 12.0. The van der Waals surface area contributed by atoms with E-state index < -0.39 is 5.82 Å². The molecule has 3 N–H and O–H groups in total. The first-order valence-electron chi connectivity index (χ1n) is 7.12. The molecule has 0 spiro atoms. The van der Waals surface area contributed by atoms with Crippen LogP contribution < -0.4 is 5.73 Å². The highest BCUT2D eigenvalue weighted by atomic mass is 19.1. The first-order chi connectivity index (χ1) is 10.2. The van der Waals surface area contributed by atoms with Crippen LogP contribution in [0.3, 0.4) is 0 Å². The van der Waals surface area contributed by atoms with E-state index in [-0.39, 0.29) is 5.75 Å². The summed E-state index contributed by atoms with van der Waals surface area (Å²) in [4.78, 5) is 2.20. The van der Waals surface area contributed by atoms with Crippen LogP contribution in [-0.2, 0) is 13.1 Å².